The van der Waals surface area contributed by atoms with Gasteiger partial charge in [0.05, 0.1) is 0 Å². The first-order valence-corrected chi connectivity index (χ1v) is 5.87. The molecule has 3 nitrogen and oxygen atoms in total. The van der Waals surface area contributed by atoms with E-state index < -0.39 is 6.36 Å². The highest BCUT2D eigenvalue weighted by Gasteiger charge is 2.30. The molecule has 0 saturated heterocycles. The average molecular weight is 275 g/mol. The van der Waals surface area contributed by atoms with Gasteiger partial charge < -0.3 is 10.1 Å². The summed E-state index contributed by atoms with van der Waals surface area (Å²) in [6.07, 6.45) is -4.26. The average Bonchev–Trinajstić information content (AvgIpc) is 2.25. The Morgan fingerprint density at radius 1 is 1.26 bits per heavy atom. The molecule has 0 spiro atoms. The molecular weight excluding hydrogens is 259 g/mol. The third-order valence-corrected chi connectivity index (χ3v) is 2.24. The molecule has 0 radical (unpaired) electrons. The maximum atomic E-state index is 11.9. The second-order valence-corrected chi connectivity index (χ2v) is 4.57. The minimum absolute atomic E-state index is 0.0781. The Bertz CT molecular complexity index is 413. The van der Waals surface area contributed by atoms with Gasteiger partial charge in [0.25, 0.3) is 0 Å². The summed E-state index contributed by atoms with van der Waals surface area (Å²) >= 11 is 0. The van der Waals surface area contributed by atoms with Crippen LogP contribution in [0.25, 0.3) is 0 Å². The number of ether oxygens (including phenoxy) is 1. The highest BCUT2D eigenvalue weighted by molar-refractivity contribution is 5.76. The number of rotatable bonds is 5. The molecule has 1 N–H and O–H groups in total. The van der Waals surface area contributed by atoms with Crippen molar-refractivity contribution in [3.05, 3.63) is 29.8 Å². The van der Waals surface area contributed by atoms with Gasteiger partial charge >= 0.3 is 6.36 Å². The van der Waals surface area contributed by atoms with Crippen LogP contribution in [0.4, 0.5) is 13.2 Å². The van der Waals surface area contributed by atoms with E-state index in [9.17, 15) is 18.0 Å². The number of carbonyl (C=O) groups excluding carboxylic acids is 1. The van der Waals surface area contributed by atoms with Crippen molar-refractivity contribution in [3.63, 3.8) is 0 Å². The Kier molecular flexibility index (Phi) is 5.20. The van der Waals surface area contributed by atoms with Crippen LogP contribution in [-0.2, 0) is 11.3 Å². The topological polar surface area (TPSA) is 38.3 Å². The minimum atomic E-state index is -4.69. The second-order valence-electron chi connectivity index (χ2n) is 4.57. The van der Waals surface area contributed by atoms with E-state index >= 15 is 0 Å². The zero-order valence-corrected chi connectivity index (χ0v) is 10.8. The monoisotopic (exact) mass is 275 g/mol. The quantitative estimate of drug-likeness (QED) is 0.895. The number of carbonyl (C=O) groups is 1. The number of benzene rings is 1. The van der Waals surface area contributed by atoms with E-state index in [0.29, 0.717) is 12.0 Å². The fourth-order valence-corrected chi connectivity index (χ4v) is 1.45. The maximum absolute atomic E-state index is 11.9. The third-order valence-electron chi connectivity index (χ3n) is 2.24. The van der Waals surface area contributed by atoms with Gasteiger partial charge in [0.1, 0.15) is 5.75 Å². The number of nitrogens with one attached hydrogen (secondary N) is 1. The van der Waals surface area contributed by atoms with E-state index in [0.717, 1.165) is 0 Å². The van der Waals surface area contributed by atoms with Crippen LogP contribution >= 0.6 is 0 Å². The summed E-state index contributed by atoms with van der Waals surface area (Å²) in [6.45, 7) is 4.16. The first-order valence-electron chi connectivity index (χ1n) is 5.87. The molecular formula is C13H16F3NO2. The molecule has 0 bridgehead atoms. The van der Waals surface area contributed by atoms with Crippen molar-refractivity contribution < 1.29 is 22.7 Å². The van der Waals surface area contributed by atoms with Crippen LogP contribution in [-0.4, -0.2) is 12.3 Å². The predicted octanol–water partition coefficient (Wildman–Crippen LogP) is 3.25. The highest BCUT2D eigenvalue weighted by Crippen LogP contribution is 2.22. The zero-order chi connectivity index (χ0) is 14.5. The zero-order valence-electron chi connectivity index (χ0n) is 10.8. The van der Waals surface area contributed by atoms with Gasteiger partial charge in [-0.15, -0.1) is 13.2 Å². The Hall–Kier alpha value is -1.72. The number of hydrogen-bond donors (Lipinski definition) is 1. The van der Waals surface area contributed by atoms with Crippen LogP contribution < -0.4 is 10.1 Å². The van der Waals surface area contributed by atoms with Crippen LogP contribution in [0.15, 0.2) is 24.3 Å². The van der Waals surface area contributed by atoms with E-state index in [-0.39, 0.29) is 24.1 Å². The lowest BCUT2D eigenvalue weighted by atomic mass is 10.1. The Morgan fingerprint density at radius 2 is 1.84 bits per heavy atom. The van der Waals surface area contributed by atoms with E-state index in [1.807, 2.05) is 13.8 Å². The van der Waals surface area contributed by atoms with Crippen molar-refractivity contribution in [1.29, 1.82) is 0 Å². The molecule has 1 aromatic carbocycles. The lowest BCUT2D eigenvalue weighted by molar-refractivity contribution is -0.274. The molecule has 106 valence electrons. The summed E-state index contributed by atoms with van der Waals surface area (Å²) in [6, 6.07) is 5.41. The van der Waals surface area contributed by atoms with Crippen molar-refractivity contribution in [2.45, 2.75) is 33.2 Å². The van der Waals surface area contributed by atoms with Gasteiger partial charge in [-0.2, -0.15) is 0 Å². The van der Waals surface area contributed by atoms with Crippen LogP contribution in [0.5, 0.6) is 5.75 Å². The van der Waals surface area contributed by atoms with E-state index in [4.69, 9.17) is 0 Å². The Labute approximate surface area is 109 Å². The molecule has 1 amide bonds. The Balaban J connectivity index is 2.46. The van der Waals surface area contributed by atoms with Gasteiger partial charge in [-0.05, 0) is 23.6 Å². The molecule has 0 unspecified atom stereocenters. The van der Waals surface area contributed by atoms with E-state index in [1.54, 1.807) is 0 Å². The molecule has 6 heteroatoms. The summed E-state index contributed by atoms with van der Waals surface area (Å²) in [5.74, 6) is -0.0852. The van der Waals surface area contributed by atoms with Crippen LogP contribution in [0, 0.1) is 5.92 Å². The van der Waals surface area contributed by atoms with Crippen LogP contribution in [0.3, 0.4) is 0 Å². The molecule has 0 aromatic heterocycles. The van der Waals surface area contributed by atoms with E-state index in [1.165, 1.54) is 24.3 Å². The van der Waals surface area contributed by atoms with Crippen molar-refractivity contribution in [3.8, 4) is 5.75 Å². The number of amides is 1. The summed E-state index contributed by atoms with van der Waals surface area (Å²) in [7, 11) is 0. The van der Waals surface area contributed by atoms with E-state index in [2.05, 4.69) is 10.1 Å². The molecule has 0 atom stereocenters. The fourth-order valence-electron chi connectivity index (χ4n) is 1.45. The SMILES string of the molecule is CC(C)CC(=O)NCc1ccc(OC(F)(F)F)cc1. The highest BCUT2D eigenvalue weighted by atomic mass is 19.4. The first kappa shape index (κ1) is 15.3. The summed E-state index contributed by atoms with van der Waals surface area (Å²) < 4.78 is 39.6. The standard InChI is InChI=1S/C13H16F3NO2/c1-9(2)7-12(18)17-8-10-3-5-11(6-4-10)19-13(14,15)16/h3-6,9H,7-8H2,1-2H3,(H,17,18). The molecule has 19 heavy (non-hydrogen) atoms. The number of halogens is 3. The molecule has 1 aromatic rings. The van der Waals surface area contributed by atoms with Crippen molar-refractivity contribution in [2.75, 3.05) is 0 Å². The maximum Gasteiger partial charge on any atom is 0.573 e. The largest absolute Gasteiger partial charge is 0.573 e. The molecule has 1 rings (SSSR count). The Morgan fingerprint density at radius 3 is 2.32 bits per heavy atom. The van der Waals surface area contributed by atoms with Crippen LogP contribution in [0.2, 0.25) is 0 Å². The normalized spacial score (nSPS) is 11.5. The van der Waals surface area contributed by atoms with Gasteiger partial charge in [-0.1, -0.05) is 26.0 Å². The summed E-state index contributed by atoms with van der Waals surface area (Å²) in [5.41, 5.74) is 0.714. The van der Waals surface area contributed by atoms with Crippen molar-refractivity contribution in [2.24, 2.45) is 5.92 Å². The number of alkyl halides is 3. The second kappa shape index (κ2) is 6.45. The minimum Gasteiger partial charge on any atom is -0.406 e. The van der Waals surface area contributed by atoms with Gasteiger partial charge in [0.15, 0.2) is 0 Å². The lowest BCUT2D eigenvalue weighted by Crippen LogP contribution is -2.23. The molecule has 0 aliphatic heterocycles. The molecule has 0 aliphatic carbocycles. The summed E-state index contributed by atoms with van der Waals surface area (Å²) in [4.78, 5) is 11.4. The van der Waals surface area contributed by atoms with Crippen molar-refractivity contribution >= 4 is 5.91 Å². The third kappa shape index (κ3) is 6.69. The molecule has 0 saturated carbocycles. The van der Waals surface area contributed by atoms with Gasteiger partial charge in [0, 0.05) is 13.0 Å². The number of hydrogen-bond acceptors (Lipinski definition) is 2. The fraction of sp³-hybridized carbons (Fsp3) is 0.462. The van der Waals surface area contributed by atoms with Gasteiger partial charge in [0.2, 0.25) is 5.91 Å². The van der Waals surface area contributed by atoms with Crippen LogP contribution in [0.1, 0.15) is 25.8 Å². The van der Waals surface area contributed by atoms with Gasteiger partial charge in [-0.3, -0.25) is 4.79 Å². The summed E-state index contributed by atoms with van der Waals surface area (Å²) in [5, 5.41) is 2.70. The molecule has 0 fully saturated rings. The predicted molar refractivity (Wildman–Crippen MR) is 64.4 cm³/mol. The lowest BCUT2D eigenvalue weighted by Gasteiger charge is -2.10. The molecule has 0 heterocycles. The molecule has 0 aliphatic rings. The first-order chi connectivity index (χ1) is 8.76. The van der Waals surface area contributed by atoms with Crippen molar-refractivity contribution in [1.82, 2.24) is 5.32 Å². The smallest absolute Gasteiger partial charge is 0.406 e. The van der Waals surface area contributed by atoms with Gasteiger partial charge in [-0.25, -0.2) is 0 Å².